The lowest BCUT2D eigenvalue weighted by Gasteiger charge is -2.19. The van der Waals surface area contributed by atoms with E-state index in [0.717, 1.165) is 25.7 Å². The fourth-order valence-corrected chi connectivity index (χ4v) is 4.56. The van der Waals surface area contributed by atoms with Crippen molar-refractivity contribution in [2.24, 2.45) is 5.92 Å². The lowest BCUT2D eigenvalue weighted by molar-refractivity contribution is -0.120. The third-order valence-electron chi connectivity index (χ3n) is 4.51. The Hall–Kier alpha value is -2.26. The van der Waals surface area contributed by atoms with Crippen molar-refractivity contribution >= 4 is 51.5 Å². The quantitative estimate of drug-likeness (QED) is 0.400. The number of rotatable bonds is 7. The van der Waals surface area contributed by atoms with Crippen LogP contribution < -0.4 is 10.6 Å². The summed E-state index contributed by atoms with van der Waals surface area (Å²) in [6.45, 7) is 1.50. The maximum absolute atomic E-state index is 12.2. The van der Waals surface area contributed by atoms with Crippen LogP contribution in [0.15, 0.2) is 28.6 Å². The van der Waals surface area contributed by atoms with E-state index in [4.69, 9.17) is 0 Å². The van der Waals surface area contributed by atoms with Crippen molar-refractivity contribution in [2.75, 3.05) is 16.4 Å². The molecule has 1 aliphatic rings. The molecule has 148 valence electrons. The molecule has 1 fully saturated rings. The molecule has 7 nitrogen and oxygen atoms in total. The van der Waals surface area contributed by atoms with Gasteiger partial charge in [-0.05, 0) is 44.0 Å². The molecular formula is C19H22N4O3S2. The standard InChI is InChI=1S/C19H22N4O3S2/c1-12(24)13-7-9-15(10-8-13)20-16(25)11-27-19-23-22-18(28-19)21-17(26)14-5-3-2-4-6-14/h7-10,14H,2-6,11H2,1H3,(H,20,25)(H,21,22,26). The van der Waals surface area contributed by atoms with Gasteiger partial charge in [0.1, 0.15) is 0 Å². The van der Waals surface area contributed by atoms with Crippen LogP contribution in [0.1, 0.15) is 49.4 Å². The first-order valence-electron chi connectivity index (χ1n) is 9.19. The van der Waals surface area contributed by atoms with Crippen LogP contribution in [0.5, 0.6) is 0 Å². The van der Waals surface area contributed by atoms with Crippen molar-refractivity contribution in [1.29, 1.82) is 0 Å². The number of aromatic nitrogens is 2. The largest absolute Gasteiger partial charge is 0.325 e. The minimum atomic E-state index is -0.177. The van der Waals surface area contributed by atoms with Crippen LogP contribution in [-0.2, 0) is 9.59 Å². The third kappa shape index (κ3) is 5.87. The molecule has 0 aliphatic heterocycles. The second-order valence-corrected chi connectivity index (χ2v) is 8.87. The van der Waals surface area contributed by atoms with Crippen LogP contribution in [0.2, 0.25) is 0 Å². The first-order chi connectivity index (χ1) is 13.5. The smallest absolute Gasteiger partial charge is 0.234 e. The van der Waals surface area contributed by atoms with E-state index in [1.807, 2.05) is 0 Å². The minimum Gasteiger partial charge on any atom is -0.325 e. The van der Waals surface area contributed by atoms with Gasteiger partial charge in [0.2, 0.25) is 16.9 Å². The number of benzene rings is 1. The van der Waals surface area contributed by atoms with Gasteiger partial charge in [-0.1, -0.05) is 42.4 Å². The molecule has 2 amide bonds. The molecule has 0 unspecified atom stereocenters. The number of hydrogen-bond donors (Lipinski definition) is 2. The summed E-state index contributed by atoms with van der Waals surface area (Å²) in [5, 5.41) is 14.1. The van der Waals surface area contributed by atoms with Gasteiger partial charge in [-0.2, -0.15) is 0 Å². The highest BCUT2D eigenvalue weighted by Gasteiger charge is 2.22. The van der Waals surface area contributed by atoms with Crippen LogP contribution in [0.4, 0.5) is 10.8 Å². The maximum Gasteiger partial charge on any atom is 0.234 e. The zero-order valence-electron chi connectivity index (χ0n) is 15.6. The Morgan fingerprint density at radius 3 is 2.46 bits per heavy atom. The Morgan fingerprint density at radius 2 is 1.79 bits per heavy atom. The number of carbonyl (C=O) groups excluding carboxylic acids is 3. The van der Waals surface area contributed by atoms with Crippen molar-refractivity contribution < 1.29 is 14.4 Å². The highest BCUT2D eigenvalue weighted by molar-refractivity contribution is 8.01. The summed E-state index contributed by atoms with van der Waals surface area (Å²) in [6.07, 6.45) is 5.26. The van der Waals surface area contributed by atoms with E-state index in [-0.39, 0.29) is 29.3 Å². The highest BCUT2D eigenvalue weighted by atomic mass is 32.2. The van der Waals surface area contributed by atoms with Crippen LogP contribution in [0, 0.1) is 5.92 Å². The zero-order valence-corrected chi connectivity index (χ0v) is 17.2. The molecule has 1 aromatic heterocycles. The maximum atomic E-state index is 12.2. The van der Waals surface area contributed by atoms with Gasteiger partial charge in [-0.25, -0.2) is 0 Å². The SMILES string of the molecule is CC(=O)c1ccc(NC(=O)CSc2nnc(NC(=O)C3CCCCC3)s2)cc1. The zero-order chi connectivity index (χ0) is 19.9. The summed E-state index contributed by atoms with van der Waals surface area (Å²) < 4.78 is 0.626. The number of hydrogen-bond acceptors (Lipinski definition) is 7. The number of anilines is 2. The summed E-state index contributed by atoms with van der Waals surface area (Å²) >= 11 is 2.54. The van der Waals surface area contributed by atoms with E-state index in [1.54, 1.807) is 24.3 Å². The van der Waals surface area contributed by atoms with Gasteiger partial charge >= 0.3 is 0 Å². The molecule has 0 spiro atoms. The molecule has 0 bridgehead atoms. The molecule has 0 radical (unpaired) electrons. The molecule has 1 aromatic carbocycles. The molecule has 0 atom stereocenters. The lowest BCUT2D eigenvalue weighted by Crippen LogP contribution is -2.24. The number of nitrogens with zero attached hydrogens (tertiary/aromatic N) is 2. The van der Waals surface area contributed by atoms with Crippen molar-refractivity contribution in [2.45, 2.75) is 43.4 Å². The van der Waals surface area contributed by atoms with Gasteiger partial charge in [0.15, 0.2) is 10.1 Å². The second-order valence-electron chi connectivity index (χ2n) is 6.67. The van der Waals surface area contributed by atoms with Crippen molar-refractivity contribution in [1.82, 2.24) is 10.2 Å². The average Bonchev–Trinajstić information content (AvgIpc) is 3.15. The van der Waals surface area contributed by atoms with Gasteiger partial charge in [0.05, 0.1) is 5.75 Å². The summed E-state index contributed by atoms with van der Waals surface area (Å²) in [6, 6.07) is 6.75. The fourth-order valence-electron chi connectivity index (χ4n) is 3.00. The molecule has 0 saturated heterocycles. The Balaban J connectivity index is 1.45. The molecule has 1 aliphatic carbocycles. The van der Waals surface area contributed by atoms with Gasteiger partial charge in [0, 0.05) is 17.2 Å². The van der Waals surface area contributed by atoms with Crippen molar-refractivity contribution in [3.8, 4) is 0 Å². The summed E-state index contributed by atoms with van der Waals surface area (Å²) in [4.78, 5) is 35.6. The minimum absolute atomic E-state index is 0.0131. The predicted octanol–water partition coefficient (Wildman–Crippen LogP) is 3.99. The van der Waals surface area contributed by atoms with E-state index >= 15 is 0 Å². The van der Waals surface area contributed by atoms with E-state index in [9.17, 15) is 14.4 Å². The summed E-state index contributed by atoms with van der Waals surface area (Å²) in [5.74, 6) is 0.0624. The van der Waals surface area contributed by atoms with E-state index < -0.39 is 0 Å². The van der Waals surface area contributed by atoms with Crippen LogP contribution in [0.25, 0.3) is 0 Å². The van der Waals surface area contributed by atoms with Crippen LogP contribution in [0.3, 0.4) is 0 Å². The molecular weight excluding hydrogens is 396 g/mol. The third-order valence-corrected chi connectivity index (χ3v) is 6.49. The summed E-state index contributed by atoms with van der Waals surface area (Å²) in [5.41, 5.74) is 1.23. The van der Waals surface area contributed by atoms with Crippen molar-refractivity contribution in [3.63, 3.8) is 0 Å². The van der Waals surface area contributed by atoms with Crippen molar-refractivity contribution in [3.05, 3.63) is 29.8 Å². The van der Waals surface area contributed by atoms with Gasteiger partial charge in [-0.3, -0.25) is 14.4 Å². The predicted molar refractivity (Wildman–Crippen MR) is 111 cm³/mol. The number of carbonyl (C=O) groups is 3. The Bertz CT molecular complexity index is 845. The Kier molecular flexibility index (Phi) is 7.16. The first kappa shape index (κ1) is 20.5. The number of amides is 2. The topological polar surface area (TPSA) is 101 Å². The average molecular weight is 419 g/mol. The first-order valence-corrected chi connectivity index (χ1v) is 11.0. The Labute approximate surface area is 171 Å². The number of nitrogens with one attached hydrogen (secondary N) is 2. The van der Waals surface area contributed by atoms with Crippen LogP contribution in [-0.4, -0.2) is 33.5 Å². The summed E-state index contributed by atoms with van der Waals surface area (Å²) in [7, 11) is 0. The molecule has 2 aromatic rings. The Morgan fingerprint density at radius 1 is 1.07 bits per heavy atom. The van der Waals surface area contributed by atoms with Gasteiger partial charge in [-0.15, -0.1) is 10.2 Å². The lowest BCUT2D eigenvalue weighted by atomic mass is 9.89. The molecule has 1 heterocycles. The molecule has 28 heavy (non-hydrogen) atoms. The number of thioether (sulfide) groups is 1. The molecule has 1 saturated carbocycles. The van der Waals surface area contributed by atoms with E-state index in [1.165, 1.54) is 36.4 Å². The van der Waals surface area contributed by atoms with Gasteiger partial charge < -0.3 is 10.6 Å². The second kappa shape index (κ2) is 9.79. The monoisotopic (exact) mass is 418 g/mol. The fraction of sp³-hybridized carbons (Fsp3) is 0.421. The number of Topliss-reactive ketones (excluding diaryl/α,β-unsaturated/α-hetero) is 1. The normalized spacial score (nSPS) is 14.5. The molecule has 3 rings (SSSR count). The molecule has 9 heteroatoms. The number of ketones is 1. The van der Waals surface area contributed by atoms with Gasteiger partial charge in [0.25, 0.3) is 0 Å². The molecule has 2 N–H and O–H groups in total. The van der Waals surface area contributed by atoms with Crippen LogP contribution >= 0.6 is 23.1 Å². The van der Waals surface area contributed by atoms with E-state index in [0.29, 0.717) is 20.7 Å². The van der Waals surface area contributed by atoms with E-state index in [2.05, 4.69) is 20.8 Å². The highest BCUT2D eigenvalue weighted by Crippen LogP contribution is 2.28.